The normalized spacial score (nSPS) is 18.6. The summed E-state index contributed by atoms with van der Waals surface area (Å²) < 4.78 is 1.07. The van der Waals surface area contributed by atoms with E-state index in [1.807, 2.05) is 12.4 Å². The van der Waals surface area contributed by atoms with Crippen molar-refractivity contribution in [1.29, 1.82) is 0 Å². The number of piperazine rings is 1. The number of nitrogens with zero attached hydrogens (tertiary/aromatic N) is 2. The van der Waals surface area contributed by atoms with Crippen molar-refractivity contribution in [3.8, 4) is 0 Å². The van der Waals surface area contributed by atoms with E-state index in [0.717, 1.165) is 30.7 Å². The minimum Gasteiger partial charge on any atom is -0.314 e. The Morgan fingerprint density at radius 3 is 2.50 bits per heavy atom. The monoisotopic (exact) mass is 383 g/mol. The molecular formula is C14H24BrCl2N3. The Morgan fingerprint density at radius 1 is 1.30 bits per heavy atom. The number of hydrogen-bond acceptors (Lipinski definition) is 3. The fraction of sp³-hybridized carbons (Fsp3) is 0.643. The topological polar surface area (TPSA) is 28.2 Å². The molecule has 0 radical (unpaired) electrons. The first-order valence-electron chi connectivity index (χ1n) is 6.77. The molecule has 1 aromatic rings. The lowest BCUT2D eigenvalue weighted by atomic mass is 9.91. The summed E-state index contributed by atoms with van der Waals surface area (Å²) in [7, 11) is 0. The molecule has 0 aromatic carbocycles. The summed E-state index contributed by atoms with van der Waals surface area (Å²) in [4.78, 5) is 6.92. The lowest BCUT2D eigenvalue weighted by Crippen LogP contribution is -2.46. The summed E-state index contributed by atoms with van der Waals surface area (Å²) in [5.74, 6) is 0.652. The Morgan fingerprint density at radius 2 is 1.95 bits per heavy atom. The SMILES string of the molecule is CCC(C)[C@@H](c1cncc(Br)c1)N1CCNCC1.Cl.Cl. The maximum absolute atomic E-state index is 4.33. The number of rotatable bonds is 4. The van der Waals surface area contributed by atoms with Crippen LogP contribution in [0.3, 0.4) is 0 Å². The standard InChI is InChI=1S/C14H22BrN3.2ClH/c1-3-11(2)14(18-6-4-16-5-7-18)12-8-13(15)10-17-9-12;;/h8-11,14,16H,3-7H2,1-2H3;2*1H/t11?,14-;;/m0../s1. The second-order valence-electron chi connectivity index (χ2n) is 5.05. The summed E-state index contributed by atoms with van der Waals surface area (Å²) in [6.07, 6.45) is 5.07. The molecule has 1 saturated heterocycles. The number of pyridine rings is 1. The maximum Gasteiger partial charge on any atom is 0.0410 e. The Kier molecular flexibility index (Phi) is 10.0. The highest BCUT2D eigenvalue weighted by Gasteiger charge is 2.26. The third kappa shape index (κ3) is 5.15. The maximum atomic E-state index is 4.33. The van der Waals surface area contributed by atoms with Crippen LogP contribution in [0.1, 0.15) is 31.9 Å². The first kappa shape index (κ1) is 20.1. The average Bonchev–Trinajstić information content (AvgIpc) is 2.40. The Balaban J connectivity index is 0.00000180. The highest BCUT2D eigenvalue weighted by Crippen LogP contribution is 2.31. The minimum absolute atomic E-state index is 0. The third-order valence-electron chi connectivity index (χ3n) is 3.80. The van der Waals surface area contributed by atoms with E-state index in [9.17, 15) is 0 Å². The highest BCUT2D eigenvalue weighted by atomic mass is 79.9. The number of nitrogens with one attached hydrogen (secondary N) is 1. The van der Waals surface area contributed by atoms with Crippen LogP contribution in [0.25, 0.3) is 0 Å². The van der Waals surface area contributed by atoms with E-state index in [-0.39, 0.29) is 24.8 Å². The zero-order chi connectivity index (χ0) is 13.0. The molecular weight excluding hydrogens is 361 g/mol. The average molecular weight is 385 g/mol. The van der Waals surface area contributed by atoms with E-state index in [2.05, 4.69) is 51.0 Å². The fourth-order valence-corrected chi connectivity index (χ4v) is 3.06. The molecule has 0 bridgehead atoms. The second-order valence-corrected chi connectivity index (χ2v) is 5.97. The Labute approximate surface area is 142 Å². The van der Waals surface area contributed by atoms with Crippen molar-refractivity contribution < 1.29 is 0 Å². The van der Waals surface area contributed by atoms with E-state index < -0.39 is 0 Å². The van der Waals surface area contributed by atoms with E-state index in [4.69, 9.17) is 0 Å². The van der Waals surface area contributed by atoms with Crippen molar-refractivity contribution in [2.24, 2.45) is 5.92 Å². The van der Waals surface area contributed by atoms with Gasteiger partial charge in [0.15, 0.2) is 0 Å². The Bertz CT molecular complexity index is 386. The lowest BCUT2D eigenvalue weighted by molar-refractivity contribution is 0.128. The quantitative estimate of drug-likeness (QED) is 0.857. The molecule has 0 aliphatic carbocycles. The molecule has 2 heterocycles. The van der Waals surface area contributed by atoms with Gasteiger partial charge in [-0.05, 0) is 33.5 Å². The molecule has 1 fully saturated rings. The van der Waals surface area contributed by atoms with Gasteiger partial charge >= 0.3 is 0 Å². The minimum atomic E-state index is 0. The predicted octanol–water partition coefficient (Wildman–Crippen LogP) is 3.68. The summed E-state index contributed by atoms with van der Waals surface area (Å²) in [6.45, 7) is 9.05. The smallest absolute Gasteiger partial charge is 0.0410 e. The predicted molar refractivity (Wildman–Crippen MR) is 93.1 cm³/mol. The molecule has 6 heteroatoms. The van der Waals surface area contributed by atoms with Gasteiger partial charge in [-0.15, -0.1) is 24.8 Å². The van der Waals surface area contributed by atoms with E-state index in [1.54, 1.807) is 0 Å². The van der Waals surface area contributed by atoms with Gasteiger partial charge in [-0.1, -0.05) is 20.3 Å². The van der Waals surface area contributed by atoms with Crippen molar-refractivity contribution in [2.45, 2.75) is 26.3 Å². The van der Waals surface area contributed by atoms with Crippen LogP contribution in [-0.2, 0) is 0 Å². The second kappa shape index (κ2) is 9.96. The van der Waals surface area contributed by atoms with Gasteiger partial charge in [0.25, 0.3) is 0 Å². The summed E-state index contributed by atoms with van der Waals surface area (Å²) in [6, 6.07) is 2.70. The lowest BCUT2D eigenvalue weighted by Gasteiger charge is -2.38. The van der Waals surface area contributed by atoms with Crippen LogP contribution in [0.15, 0.2) is 22.9 Å². The third-order valence-corrected chi connectivity index (χ3v) is 4.23. The summed E-state index contributed by atoms with van der Waals surface area (Å²) in [5, 5.41) is 3.42. The molecule has 20 heavy (non-hydrogen) atoms. The van der Waals surface area contributed by atoms with Crippen LogP contribution in [0.2, 0.25) is 0 Å². The van der Waals surface area contributed by atoms with E-state index in [0.29, 0.717) is 12.0 Å². The molecule has 0 spiro atoms. The molecule has 2 atom stereocenters. The largest absolute Gasteiger partial charge is 0.314 e. The summed E-state index contributed by atoms with van der Waals surface area (Å²) in [5.41, 5.74) is 1.33. The van der Waals surface area contributed by atoms with E-state index >= 15 is 0 Å². The fourth-order valence-electron chi connectivity index (χ4n) is 2.67. The molecule has 1 N–H and O–H groups in total. The first-order valence-corrected chi connectivity index (χ1v) is 7.57. The molecule has 1 unspecified atom stereocenters. The molecule has 0 saturated carbocycles. The van der Waals surface area contributed by atoms with Crippen molar-refractivity contribution in [1.82, 2.24) is 15.2 Å². The van der Waals surface area contributed by atoms with Gasteiger partial charge in [0.1, 0.15) is 0 Å². The highest BCUT2D eigenvalue weighted by molar-refractivity contribution is 9.10. The number of halogens is 3. The van der Waals surface area contributed by atoms with Crippen molar-refractivity contribution in [3.63, 3.8) is 0 Å². The molecule has 0 amide bonds. The zero-order valence-electron chi connectivity index (χ0n) is 12.0. The van der Waals surface area contributed by atoms with Crippen LogP contribution in [0, 0.1) is 5.92 Å². The van der Waals surface area contributed by atoms with Crippen LogP contribution in [-0.4, -0.2) is 36.1 Å². The van der Waals surface area contributed by atoms with Gasteiger partial charge < -0.3 is 5.32 Å². The van der Waals surface area contributed by atoms with Crippen LogP contribution in [0.5, 0.6) is 0 Å². The van der Waals surface area contributed by atoms with Gasteiger partial charge in [-0.2, -0.15) is 0 Å². The van der Waals surface area contributed by atoms with Crippen LogP contribution < -0.4 is 5.32 Å². The molecule has 116 valence electrons. The van der Waals surface area contributed by atoms with Crippen LogP contribution in [0.4, 0.5) is 0 Å². The Hall–Kier alpha value is 0.130. The van der Waals surface area contributed by atoms with Crippen LogP contribution >= 0.6 is 40.7 Å². The van der Waals surface area contributed by atoms with Crippen molar-refractivity contribution in [2.75, 3.05) is 26.2 Å². The van der Waals surface area contributed by atoms with Gasteiger partial charge in [0, 0.05) is 49.1 Å². The van der Waals surface area contributed by atoms with Crippen molar-refractivity contribution >= 4 is 40.7 Å². The summed E-state index contributed by atoms with van der Waals surface area (Å²) >= 11 is 3.53. The van der Waals surface area contributed by atoms with E-state index in [1.165, 1.54) is 12.0 Å². The molecule has 3 nitrogen and oxygen atoms in total. The zero-order valence-corrected chi connectivity index (χ0v) is 15.2. The van der Waals surface area contributed by atoms with Gasteiger partial charge in [-0.25, -0.2) is 0 Å². The molecule has 1 aliphatic rings. The number of hydrogen-bond donors (Lipinski definition) is 1. The molecule has 1 aromatic heterocycles. The molecule has 2 rings (SSSR count). The van der Waals surface area contributed by atoms with Gasteiger partial charge in [0.05, 0.1) is 0 Å². The number of aromatic nitrogens is 1. The first-order chi connectivity index (χ1) is 8.72. The van der Waals surface area contributed by atoms with Gasteiger partial charge in [-0.3, -0.25) is 9.88 Å². The van der Waals surface area contributed by atoms with Gasteiger partial charge in [0.2, 0.25) is 0 Å². The molecule has 1 aliphatic heterocycles. The van der Waals surface area contributed by atoms with Crippen molar-refractivity contribution in [3.05, 3.63) is 28.5 Å².